The first-order valence-corrected chi connectivity index (χ1v) is 6.36. The average Bonchev–Trinajstić information content (AvgIpc) is 2.84. The van der Waals surface area contributed by atoms with Gasteiger partial charge in [0.05, 0.1) is 27.7 Å². The summed E-state index contributed by atoms with van der Waals surface area (Å²) in [6.45, 7) is 1.72. The maximum Gasteiger partial charge on any atom is 0.0945 e. The number of aromatic nitrogens is 2. The molecule has 4 nitrogen and oxygen atoms in total. The molecule has 0 atom stereocenters. The van der Waals surface area contributed by atoms with Gasteiger partial charge in [0.25, 0.3) is 0 Å². The minimum Gasteiger partial charge on any atom is -0.397 e. The van der Waals surface area contributed by atoms with E-state index in [1.54, 1.807) is 24.7 Å². The number of nitrogens with zero attached hydrogens (tertiary/aromatic N) is 2. The van der Waals surface area contributed by atoms with Crippen LogP contribution in [0, 0.1) is 0 Å². The third-order valence-corrected chi connectivity index (χ3v) is 3.28. The second-order valence-corrected chi connectivity index (χ2v) is 4.75. The lowest BCUT2D eigenvalue weighted by Gasteiger charge is -2.10. The van der Waals surface area contributed by atoms with E-state index in [0.29, 0.717) is 15.7 Å². The van der Waals surface area contributed by atoms with E-state index in [4.69, 9.17) is 28.9 Å². The number of nitrogens with one attached hydrogen (secondary N) is 1. The van der Waals surface area contributed by atoms with Gasteiger partial charge in [0.2, 0.25) is 0 Å². The molecule has 0 spiro atoms. The van der Waals surface area contributed by atoms with Gasteiger partial charge in [-0.15, -0.1) is 0 Å². The largest absolute Gasteiger partial charge is 0.397 e. The molecule has 0 saturated carbocycles. The van der Waals surface area contributed by atoms with Crippen molar-refractivity contribution in [2.24, 2.45) is 0 Å². The Morgan fingerprint density at radius 1 is 1.28 bits per heavy atom. The molecular formula is C12H14Cl2N4. The van der Waals surface area contributed by atoms with Gasteiger partial charge in [0.15, 0.2) is 0 Å². The Labute approximate surface area is 116 Å². The Hall–Kier alpha value is -1.39. The Balaban J connectivity index is 1.85. The summed E-state index contributed by atoms with van der Waals surface area (Å²) in [5.41, 5.74) is 7.26. The summed E-state index contributed by atoms with van der Waals surface area (Å²) >= 11 is 11.8. The molecule has 6 heteroatoms. The molecule has 3 N–H and O–H groups in total. The van der Waals surface area contributed by atoms with E-state index in [-0.39, 0.29) is 0 Å². The van der Waals surface area contributed by atoms with Crippen molar-refractivity contribution in [2.75, 3.05) is 17.6 Å². The van der Waals surface area contributed by atoms with Crippen molar-refractivity contribution in [3.05, 3.63) is 40.9 Å². The fraction of sp³-hybridized carbons (Fsp3) is 0.250. The third kappa shape index (κ3) is 3.31. The maximum atomic E-state index is 5.94. The second-order valence-electron chi connectivity index (χ2n) is 3.93. The number of hydrogen-bond acceptors (Lipinski definition) is 3. The number of anilines is 2. The van der Waals surface area contributed by atoms with Crippen LogP contribution in [-0.2, 0) is 6.54 Å². The summed E-state index contributed by atoms with van der Waals surface area (Å²) in [6, 6.07) is 3.40. The molecule has 0 bridgehead atoms. The lowest BCUT2D eigenvalue weighted by molar-refractivity contribution is 0.661. The van der Waals surface area contributed by atoms with Crippen molar-refractivity contribution in [3.8, 4) is 0 Å². The lowest BCUT2D eigenvalue weighted by Crippen LogP contribution is -2.07. The van der Waals surface area contributed by atoms with Gasteiger partial charge in [-0.2, -0.15) is 0 Å². The number of aryl methyl sites for hydroxylation is 1. The normalized spacial score (nSPS) is 10.6. The molecule has 18 heavy (non-hydrogen) atoms. The van der Waals surface area contributed by atoms with Gasteiger partial charge < -0.3 is 15.6 Å². The summed E-state index contributed by atoms with van der Waals surface area (Å²) in [6.07, 6.45) is 6.47. The lowest BCUT2D eigenvalue weighted by atomic mass is 10.2. The van der Waals surface area contributed by atoms with E-state index in [1.165, 1.54) is 0 Å². The number of imidazole rings is 1. The average molecular weight is 285 g/mol. The SMILES string of the molecule is Nc1cc(Cl)c(Cl)cc1NCCCn1ccnc1. The van der Waals surface area contributed by atoms with Crippen molar-refractivity contribution >= 4 is 34.6 Å². The summed E-state index contributed by atoms with van der Waals surface area (Å²) in [5, 5.41) is 4.21. The zero-order valence-electron chi connectivity index (χ0n) is 9.74. The van der Waals surface area contributed by atoms with Crippen LogP contribution < -0.4 is 11.1 Å². The highest BCUT2D eigenvalue weighted by Gasteiger charge is 2.04. The number of rotatable bonds is 5. The van der Waals surface area contributed by atoms with Crippen LogP contribution in [0.2, 0.25) is 10.0 Å². The third-order valence-electron chi connectivity index (χ3n) is 2.56. The second kappa shape index (κ2) is 5.98. The van der Waals surface area contributed by atoms with Gasteiger partial charge in [-0.05, 0) is 18.6 Å². The molecule has 0 aliphatic rings. The smallest absolute Gasteiger partial charge is 0.0945 e. The van der Waals surface area contributed by atoms with Gasteiger partial charge in [-0.3, -0.25) is 0 Å². The van der Waals surface area contributed by atoms with E-state index in [0.717, 1.165) is 25.2 Å². The molecule has 2 aromatic rings. The van der Waals surface area contributed by atoms with Crippen molar-refractivity contribution in [1.82, 2.24) is 9.55 Å². The van der Waals surface area contributed by atoms with Crippen molar-refractivity contribution < 1.29 is 0 Å². The number of hydrogen-bond donors (Lipinski definition) is 2. The molecule has 0 unspecified atom stereocenters. The Kier molecular flexibility index (Phi) is 4.33. The Bertz CT molecular complexity index is 511. The quantitative estimate of drug-likeness (QED) is 0.654. The fourth-order valence-corrected chi connectivity index (χ4v) is 1.95. The topological polar surface area (TPSA) is 55.9 Å². The molecule has 1 aromatic heterocycles. The molecule has 96 valence electrons. The first-order valence-electron chi connectivity index (χ1n) is 5.61. The van der Waals surface area contributed by atoms with E-state index < -0.39 is 0 Å². The van der Waals surface area contributed by atoms with Crippen LogP contribution in [0.15, 0.2) is 30.9 Å². The van der Waals surface area contributed by atoms with Crippen LogP contribution in [0.5, 0.6) is 0 Å². The van der Waals surface area contributed by atoms with Crippen LogP contribution in [-0.4, -0.2) is 16.1 Å². The molecule has 0 saturated heterocycles. The maximum absolute atomic E-state index is 5.94. The summed E-state index contributed by atoms with van der Waals surface area (Å²) in [4.78, 5) is 3.98. The fourth-order valence-electron chi connectivity index (χ4n) is 1.62. The minimum absolute atomic E-state index is 0.470. The highest BCUT2D eigenvalue weighted by atomic mass is 35.5. The highest BCUT2D eigenvalue weighted by molar-refractivity contribution is 6.42. The van der Waals surface area contributed by atoms with Crippen LogP contribution in [0.3, 0.4) is 0 Å². The van der Waals surface area contributed by atoms with Crippen LogP contribution in [0.1, 0.15) is 6.42 Å². The number of benzene rings is 1. The highest BCUT2D eigenvalue weighted by Crippen LogP contribution is 2.30. The van der Waals surface area contributed by atoms with Crippen molar-refractivity contribution in [3.63, 3.8) is 0 Å². The summed E-state index contributed by atoms with van der Waals surface area (Å²) < 4.78 is 2.03. The minimum atomic E-state index is 0.470. The number of nitrogens with two attached hydrogens (primary N) is 1. The molecule has 1 heterocycles. The first-order chi connectivity index (χ1) is 8.66. The van der Waals surface area contributed by atoms with Gasteiger partial charge in [-0.25, -0.2) is 4.98 Å². The number of halogens is 2. The predicted molar refractivity (Wildman–Crippen MR) is 76.2 cm³/mol. The van der Waals surface area contributed by atoms with Gasteiger partial charge in [0.1, 0.15) is 0 Å². The van der Waals surface area contributed by atoms with E-state index in [1.807, 2.05) is 10.8 Å². The molecule has 0 aliphatic carbocycles. The molecule has 0 aliphatic heterocycles. The zero-order valence-corrected chi connectivity index (χ0v) is 11.2. The molecule has 0 radical (unpaired) electrons. The first kappa shape index (κ1) is 13.1. The van der Waals surface area contributed by atoms with E-state index in [9.17, 15) is 0 Å². The Morgan fingerprint density at radius 2 is 2.06 bits per heavy atom. The van der Waals surface area contributed by atoms with E-state index >= 15 is 0 Å². The predicted octanol–water partition coefficient (Wildman–Crippen LogP) is 3.27. The molecule has 2 rings (SSSR count). The van der Waals surface area contributed by atoms with Gasteiger partial charge in [-0.1, -0.05) is 23.2 Å². The van der Waals surface area contributed by atoms with Crippen LogP contribution in [0.25, 0.3) is 0 Å². The zero-order chi connectivity index (χ0) is 13.0. The summed E-state index contributed by atoms with van der Waals surface area (Å²) in [7, 11) is 0. The Morgan fingerprint density at radius 3 is 2.78 bits per heavy atom. The van der Waals surface area contributed by atoms with Crippen molar-refractivity contribution in [1.29, 1.82) is 0 Å². The van der Waals surface area contributed by atoms with E-state index in [2.05, 4.69) is 10.3 Å². The standard InChI is InChI=1S/C12H14Cl2N4/c13-9-6-11(15)12(7-10(9)14)17-2-1-4-18-5-3-16-8-18/h3,5-8,17H,1-2,4,15H2. The molecule has 1 aromatic carbocycles. The molecule has 0 amide bonds. The summed E-state index contributed by atoms with van der Waals surface area (Å²) in [5.74, 6) is 0. The van der Waals surface area contributed by atoms with Crippen molar-refractivity contribution in [2.45, 2.75) is 13.0 Å². The molecule has 0 fully saturated rings. The number of nitrogen functional groups attached to an aromatic ring is 1. The van der Waals surface area contributed by atoms with Gasteiger partial charge in [0, 0.05) is 25.5 Å². The van der Waals surface area contributed by atoms with Crippen LogP contribution >= 0.6 is 23.2 Å². The van der Waals surface area contributed by atoms with Gasteiger partial charge >= 0.3 is 0 Å². The van der Waals surface area contributed by atoms with Crippen LogP contribution in [0.4, 0.5) is 11.4 Å². The molecular weight excluding hydrogens is 271 g/mol. The monoisotopic (exact) mass is 284 g/mol.